The smallest absolute Gasteiger partial charge is 0.169 e. The zero-order valence-electron chi connectivity index (χ0n) is 13.4. The van der Waals surface area contributed by atoms with Gasteiger partial charge in [-0.25, -0.2) is 0 Å². The average Bonchev–Trinajstić information content (AvgIpc) is 2.75. The largest absolute Gasteiger partial charge is 0.359 e. The van der Waals surface area contributed by atoms with Crippen LogP contribution in [0.25, 0.3) is 0 Å². The number of thiocarbonyl (C=S) groups is 1. The first-order chi connectivity index (χ1) is 9.99. The van der Waals surface area contributed by atoms with Crippen LogP contribution in [-0.4, -0.2) is 27.7 Å². The zero-order valence-corrected chi connectivity index (χ0v) is 14.2. The minimum atomic E-state index is 0.375. The maximum Gasteiger partial charge on any atom is 0.169 e. The molecule has 21 heavy (non-hydrogen) atoms. The van der Waals surface area contributed by atoms with Crippen LogP contribution in [0.2, 0.25) is 0 Å². The Labute approximate surface area is 134 Å². The van der Waals surface area contributed by atoms with Crippen LogP contribution < -0.4 is 5.32 Å². The van der Waals surface area contributed by atoms with Gasteiger partial charge in [0.15, 0.2) is 5.11 Å². The van der Waals surface area contributed by atoms with E-state index in [2.05, 4.69) is 53.7 Å². The molecule has 1 N–H and O–H groups in total. The van der Waals surface area contributed by atoms with Gasteiger partial charge in [0.25, 0.3) is 0 Å². The minimum absolute atomic E-state index is 0.375. The Morgan fingerprint density at radius 2 is 2.19 bits per heavy atom. The van der Waals surface area contributed by atoms with E-state index in [1.807, 2.05) is 6.92 Å². The van der Waals surface area contributed by atoms with Gasteiger partial charge in [-0.2, -0.15) is 0 Å². The van der Waals surface area contributed by atoms with E-state index in [1.54, 1.807) is 0 Å². The number of nitrogens with one attached hydrogen (secondary N) is 1. The van der Waals surface area contributed by atoms with E-state index in [1.165, 1.54) is 18.5 Å². The lowest BCUT2D eigenvalue weighted by Gasteiger charge is -2.33. The predicted octanol–water partition coefficient (Wildman–Crippen LogP) is 3.64. The number of rotatable bonds is 3. The van der Waals surface area contributed by atoms with Crippen molar-refractivity contribution in [2.45, 2.75) is 39.2 Å². The van der Waals surface area contributed by atoms with Gasteiger partial charge in [-0.15, -0.1) is 0 Å². The fourth-order valence-corrected chi connectivity index (χ4v) is 3.25. The SMILES string of the molecule is C=C(C)CNC(=S)N1CC[C@@H](C)CC[C@H]1c1cccn1C. The Balaban J connectivity index is 2.18. The summed E-state index contributed by atoms with van der Waals surface area (Å²) in [6.45, 7) is 10.1. The van der Waals surface area contributed by atoms with Crippen LogP contribution in [-0.2, 0) is 7.05 Å². The molecule has 1 aliphatic rings. The number of likely N-dealkylation sites (tertiary alicyclic amines) is 1. The number of aromatic nitrogens is 1. The maximum absolute atomic E-state index is 5.65. The summed E-state index contributed by atoms with van der Waals surface area (Å²) < 4.78 is 2.22. The molecule has 0 radical (unpaired) electrons. The molecule has 0 saturated carbocycles. The summed E-state index contributed by atoms with van der Waals surface area (Å²) >= 11 is 5.65. The van der Waals surface area contributed by atoms with E-state index >= 15 is 0 Å². The summed E-state index contributed by atoms with van der Waals surface area (Å²) in [6.07, 6.45) is 5.74. The summed E-state index contributed by atoms with van der Waals surface area (Å²) in [7, 11) is 2.12. The second kappa shape index (κ2) is 7.12. The highest BCUT2D eigenvalue weighted by atomic mass is 32.1. The summed E-state index contributed by atoms with van der Waals surface area (Å²) in [5.41, 5.74) is 2.46. The molecular weight excluding hydrogens is 278 g/mol. The number of nitrogens with zero attached hydrogens (tertiary/aromatic N) is 2. The molecule has 4 heteroatoms. The van der Waals surface area contributed by atoms with Gasteiger partial charge in [-0.3, -0.25) is 0 Å². The highest BCUT2D eigenvalue weighted by molar-refractivity contribution is 7.80. The fourth-order valence-electron chi connectivity index (χ4n) is 2.96. The second-order valence-electron chi connectivity index (χ2n) is 6.34. The van der Waals surface area contributed by atoms with Gasteiger partial charge < -0.3 is 14.8 Å². The van der Waals surface area contributed by atoms with Crippen molar-refractivity contribution in [1.82, 2.24) is 14.8 Å². The van der Waals surface area contributed by atoms with Gasteiger partial charge in [-0.05, 0) is 56.5 Å². The van der Waals surface area contributed by atoms with Crippen molar-refractivity contribution in [1.29, 1.82) is 0 Å². The molecule has 1 aliphatic heterocycles. The van der Waals surface area contributed by atoms with Gasteiger partial charge in [0, 0.05) is 32.0 Å². The first-order valence-corrected chi connectivity index (χ1v) is 8.20. The Morgan fingerprint density at radius 3 is 2.81 bits per heavy atom. The van der Waals surface area contributed by atoms with Crippen molar-refractivity contribution in [3.05, 3.63) is 36.2 Å². The summed E-state index contributed by atoms with van der Waals surface area (Å²) in [4.78, 5) is 2.37. The average molecular weight is 305 g/mol. The normalized spacial score (nSPS) is 22.7. The molecule has 0 bridgehead atoms. The van der Waals surface area contributed by atoms with Crippen molar-refractivity contribution in [3.8, 4) is 0 Å². The van der Waals surface area contributed by atoms with Gasteiger partial charge in [-0.1, -0.05) is 19.1 Å². The Kier molecular flexibility index (Phi) is 5.45. The molecule has 0 spiro atoms. The summed E-state index contributed by atoms with van der Waals surface area (Å²) in [6, 6.07) is 4.71. The molecule has 1 aromatic rings. The third kappa shape index (κ3) is 4.10. The molecule has 1 aromatic heterocycles. The zero-order chi connectivity index (χ0) is 15.4. The van der Waals surface area contributed by atoms with Crippen LogP contribution in [0.5, 0.6) is 0 Å². The standard InChI is InChI=1S/C17H27N3S/c1-13(2)12-18-17(21)20-11-9-14(3)7-8-16(20)15-6-5-10-19(15)4/h5-6,10,14,16H,1,7-9,11-12H2,2-4H3,(H,18,21)/t14-,16-/m0/s1. The summed E-state index contributed by atoms with van der Waals surface area (Å²) in [5, 5.41) is 4.21. The first-order valence-electron chi connectivity index (χ1n) is 7.79. The molecule has 116 valence electrons. The van der Waals surface area contributed by atoms with Crippen LogP contribution in [0.15, 0.2) is 30.5 Å². The van der Waals surface area contributed by atoms with Crippen molar-refractivity contribution in [2.75, 3.05) is 13.1 Å². The Morgan fingerprint density at radius 1 is 1.43 bits per heavy atom. The van der Waals surface area contributed by atoms with Crippen molar-refractivity contribution in [2.24, 2.45) is 13.0 Å². The lowest BCUT2D eigenvalue weighted by Crippen LogP contribution is -2.43. The molecule has 1 fully saturated rings. The van der Waals surface area contributed by atoms with Crippen molar-refractivity contribution >= 4 is 17.3 Å². The van der Waals surface area contributed by atoms with Crippen molar-refractivity contribution in [3.63, 3.8) is 0 Å². The molecule has 2 rings (SSSR count). The predicted molar refractivity (Wildman–Crippen MR) is 93.3 cm³/mol. The van der Waals surface area contributed by atoms with Crippen molar-refractivity contribution < 1.29 is 0 Å². The van der Waals surface area contributed by atoms with E-state index in [-0.39, 0.29) is 0 Å². The monoisotopic (exact) mass is 305 g/mol. The minimum Gasteiger partial charge on any atom is -0.359 e. The van der Waals surface area contributed by atoms with Gasteiger partial charge >= 0.3 is 0 Å². The molecule has 0 unspecified atom stereocenters. The molecule has 2 heterocycles. The topological polar surface area (TPSA) is 20.2 Å². The summed E-state index contributed by atoms with van der Waals surface area (Å²) in [5.74, 6) is 0.765. The number of hydrogen-bond acceptors (Lipinski definition) is 1. The molecule has 0 amide bonds. The van der Waals surface area contributed by atoms with Gasteiger partial charge in [0.05, 0.1) is 6.04 Å². The maximum atomic E-state index is 5.65. The first kappa shape index (κ1) is 16.1. The lowest BCUT2D eigenvalue weighted by atomic mass is 10.0. The molecule has 0 aliphatic carbocycles. The van der Waals surface area contributed by atoms with Crippen LogP contribution >= 0.6 is 12.2 Å². The van der Waals surface area contributed by atoms with Gasteiger partial charge in [0.2, 0.25) is 0 Å². The number of aryl methyl sites for hydroxylation is 1. The van der Waals surface area contributed by atoms with Gasteiger partial charge in [0.1, 0.15) is 0 Å². The van der Waals surface area contributed by atoms with E-state index in [9.17, 15) is 0 Å². The van der Waals surface area contributed by atoms with E-state index in [4.69, 9.17) is 12.2 Å². The van der Waals surface area contributed by atoms with Crippen LogP contribution in [0, 0.1) is 5.92 Å². The van der Waals surface area contributed by atoms with E-state index in [0.29, 0.717) is 6.04 Å². The number of hydrogen-bond donors (Lipinski definition) is 1. The quantitative estimate of drug-likeness (QED) is 0.680. The highest BCUT2D eigenvalue weighted by Gasteiger charge is 2.28. The third-order valence-corrected chi connectivity index (χ3v) is 4.68. The second-order valence-corrected chi connectivity index (χ2v) is 6.73. The van der Waals surface area contributed by atoms with E-state index < -0.39 is 0 Å². The molecule has 3 nitrogen and oxygen atoms in total. The van der Waals surface area contributed by atoms with Crippen LogP contribution in [0.4, 0.5) is 0 Å². The highest BCUT2D eigenvalue weighted by Crippen LogP contribution is 2.32. The molecule has 1 saturated heterocycles. The lowest BCUT2D eigenvalue weighted by molar-refractivity contribution is 0.306. The fraction of sp³-hybridized carbons (Fsp3) is 0.588. The molecule has 0 aromatic carbocycles. The van der Waals surface area contributed by atoms with E-state index in [0.717, 1.165) is 36.1 Å². The molecule has 2 atom stereocenters. The Bertz CT molecular complexity index is 506. The third-order valence-electron chi connectivity index (χ3n) is 4.30. The Hall–Kier alpha value is -1.29. The molecular formula is C17H27N3S. The van der Waals surface area contributed by atoms with Crippen LogP contribution in [0.1, 0.15) is 44.8 Å². The van der Waals surface area contributed by atoms with Crippen LogP contribution in [0.3, 0.4) is 0 Å².